The van der Waals surface area contributed by atoms with Crippen LogP contribution in [-0.2, 0) is 6.42 Å². The third-order valence-corrected chi connectivity index (χ3v) is 2.16. The molecule has 7 nitrogen and oxygen atoms in total. The predicted molar refractivity (Wildman–Crippen MR) is 60.0 cm³/mol. The van der Waals surface area contributed by atoms with Crippen molar-refractivity contribution >= 4 is 11.4 Å². The maximum Gasteiger partial charge on any atom is 0.350 e. The first-order valence-corrected chi connectivity index (χ1v) is 4.97. The Morgan fingerprint density at radius 3 is 2.24 bits per heavy atom. The van der Waals surface area contributed by atoms with Gasteiger partial charge < -0.3 is 5.11 Å². The Hall–Kier alpha value is -2.18. The second-order valence-corrected chi connectivity index (χ2v) is 4.08. The van der Waals surface area contributed by atoms with Crippen LogP contribution in [0.25, 0.3) is 0 Å². The van der Waals surface area contributed by atoms with E-state index in [2.05, 4.69) is 0 Å². The fourth-order valence-electron chi connectivity index (χ4n) is 1.61. The van der Waals surface area contributed by atoms with E-state index in [-0.39, 0.29) is 17.2 Å². The summed E-state index contributed by atoms with van der Waals surface area (Å²) in [5.41, 5.74) is -1.04. The summed E-state index contributed by atoms with van der Waals surface area (Å²) in [7, 11) is 0. The molecule has 0 bridgehead atoms. The highest BCUT2D eigenvalue weighted by Gasteiger charge is 2.29. The summed E-state index contributed by atoms with van der Waals surface area (Å²) in [6, 6.07) is 1.99. The summed E-state index contributed by atoms with van der Waals surface area (Å²) in [5.74, 6) is -0.243. The molecule has 0 unspecified atom stereocenters. The summed E-state index contributed by atoms with van der Waals surface area (Å²) in [5, 5.41) is 30.9. The van der Waals surface area contributed by atoms with E-state index in [1.807, 2.05) is 13.8 Å². The van der Waals surface area contributed by atoms with Crippen molar-refractivity contribution < 1.29 is 15.0 Å². The Labute approximate surface area is 97.0 Å². The molecule has 1 N–H and O–H groups in total. The number of rotatable bonds is 4. The Kier molecular flexibility index (Phi) is 3.62. The molecule has 0 aliphatic carbocycles. The predicted octanol–water partition coefficient (Wildman–Crippen LogP) is 2.41. The Bertz CT molecular complexity index is 470. The van der Waals surface area contributed by atoms with Crippen molar-refractivity contribution in [2.75, 3.05) is 0 Å². The van der Waals surface area contributed by atoms with E-state index < -0.39 is 21.2 Å². The average Bonchev–Trinajstić information content (AvgIpc) is 2.14. The first-order chi connectivity index (χ1) is 7.82. The van der Waals surface area contributed by atoms with E-state index in [9.17, 15) is 25.3 Å². The molecule has 0 atom stereocenters. The van der Waals surface area contributed by atoms with Gasteiger partial charge in [-0.15, -0.1) is 0 Å². The highest BCUT2D eigenvalue weighted by Crippen LogP contribution is 2.35. The zero-order chi connectivity index (χ0) is 13.2. The lowest BCUT2D eigenvalue weighted by Gasteiger charge is -2.06. The zero-order valence-corrected chi connectivity index (χ0v) is 9.41. The van der Waals surface area contributed by atoms with Gasteiger partial charge in [-0.1, -0.05) is 13.8 Å². The molecule has 0 spiro atoms. The second kappa shape index (κ2) is 4.77. The molecule has 1 rings (SSSR count). The molecule has 0 aliphatic heterocycles. The van der Waals surface area contributed by atoms with Crippen LogP contribution in [0.5, 0.6) is 5.75 Å². The minimum Gasteiger partial charge on any atom is -0.508 e. The van der Waals surface area contributed by atoms with Crippen LogP contribution in [0, 0.1) is 26.1 Å². The minimum absolute atomic E-state index is 0.0927. The molecule has 17 heavy (non-hydrogen) atoms. The van der Waals surface area contributed by atoms with Gasteiger partial charge in [0.25, 0.3) is 0 Å². The van der Waals surface area contributed by atoms with E-state index in [0.717, 1.165) is 6.07 Å². The molecule has 0 amide bonds. The topological polar surface area (TPSA) is 107 Å². The maximum atomic E-state index is 10.9. The molecule has 0 radical (unpaired) electrons. The largest absolute Gasteiger partial charge is 0.508 e. The summed E-state index contributed by atoms with van der Waals surface area (Å²) >= 11 is 0. The van der Waals surface area contributed by atoms with Gasteiger partial charge in [-0.3, -0.25) is 20.2 Å². The number of benzene rings is 1. The Balaban J connectivity index is 3.46. The van der Waals surface area contributed by atoms with Crippen LogP contribution < -0.4 is 0 Å². The summed E-state index contributed by atoms with van der Waals surface area (Å²) in [4.78, 5) is 19.9. The molecule has 0 saturated carbocycles. The van der Waals surface area contributed by atoms with Gasteiger partial charge in [0, 0.05) is 5.56 Å². The molecule has 0 heterocycles. The third kappa shape index (κ3) is 2.90. The lowest BCUT2D eigenvalue weighted by atomic mass is 10.00. The van der Waals surface area contributed by atoms with Gasteiger partial charge in [0.1, 0.15) is 5.75 Å². The van der Waals surface area contributed by atoms with Gasteiger partial charge in [-0.05, 0) is 18.4 Å². The fraction of sp³-hybridized carbons (Fsp3) is 0.400. The van der Waals surface area contributed by atoms with Gasteiger partial charge in [-0.2, -0.15) is 0 Å². The smallest absolute Gasteiger partial charge is 0.350 e. The molecule has 0 aromatic heterocycles. The first kappa shape index (κ1) is 12.9. The van der Waals surface area contributed by atoms with E-state index in [1.165, 1.54) is 6.07 Å². The number of hydrogen-bond acceptors (Lipinski definition) is 5. The highest BCUT2D eigenvalue weighted by atomic mass is 16.6. The van der Waals surface area contributed by atoms with Gasteiger partial charge in [0.2, 0.25) is 0 Å². The van der Waals surface area contributed by atoms with Crippen molar-refractivity contribution in [2.45, 2.75) is 20.3 Å². The summed E-state index contributed by atoms with van der Waals surface area (Å²) < 4.78 is 0. The van der Waals surface area contributed by atoms with Crippen LogP contribution in [0.3, 0.4) is 0 Å². The van der Waals surface area contributed by atoms with Crippen molar-refractivity contribution in [3.8, 4) is 5.75 Å². The fourth-order valence-corrected chi connectivity index (χ4v) is 1.61. The number of aromatic hydroxyl groups is 1. The van der Waals surface area contributed by atoms with Crippen molar-refractivity contribution in [2.24, 2.45) is 5.92 Å². The van der Waals surface area contributed by atoms with Gasteiger partial charge in [-0.25, -0.2) is 0 Å². The van der Waals surface area contributed by atoms with Crippen LogP contribution in [0.15, 0.2) is 12.1 Å². The highest BCUT2D eigenvalue weighted by molar-refractivity contribution is 5.61. The molecule has 1 aromatic carbocycles. The molecule has 0 aliphatic rings. The molecule has 1 aromatic rings. The molecule has 0 saturated heterocycles. The number of nitro groups is 2. The number of nitrogens with zero attached hydrogens (tertiary/aromatic N) is 2. The quantitative estimate of drug-likeness (QED) is 0.642. The van der Waals surface area contributed by atoms with Crippen molar-refractivity contribution in [1.29, 1.82) is 0 Å². The normalized spacial score (nSPS) is 10.5. The summed E-state index contributed by atoms with van der Waals surface area (Å²) in [6.07, 6.45) is 0.297. The SMILES string of the molecule is CC(C)Cc1cc(O)cc([N+](=O)[O-])c1[N+](=O)[O-]. The van der Waals surface area contributed by atoms with Crippen LogP contribution in [0.4, 0.5) is 11.4 Å². The molecular weight excluding hydrogens is 228 g/mol. The van der Waals surface area contributed by atoms with Gasteiger partial charge >= 0.3 is 11.4 Å². The Morgan fingerprint density at radius 2 is 1.82 bits per heavy atom. The van der Waals surface area contributed by atoms with Gasteiger partial charge in [0.05, 0.1) is 15.9 Å². The summed E-state index contributed by atoms with van der Waals surface area (Å²) in [6.45, 7) is 3.67. The van der Waals surface area contributed by atoms with Crippen LogP contribution in [0.1, 0.15) is 19.4 Å². The van der Waals surface area contributed by atoms with E-state index >= 15 is 0 Å². The number of nitro benzene ring substituents is 2. The van der Waals surface area contributed by atoms with E-state index in [4.69, 9.17) is 0 Å². The van der Waals surface area contributed by atoms with Crippen LogP contribution >= 0.6 is 0 Å². The van der Waals surface area contributed by atoms with Crippen molar-refractivity contribution in [1.82, 2.24) is 0 Å². The van der Waals surface area contributed by atoms with Gasteiger partial charge in [0.15, 0.2) is 0 Å². The number of phenolic OH excluding ortho intramolecular Hbond substituents is 1. The molecule has 7 heteroatoms. The van der Waals surface area contributed by atoms with E-state index in [1.54, 1.807) is 0 Å². The lowest BCUT2D eigenvalue weighted by Crippen LogP contribution is -2.03. The lowest BCUT2D eigenvalue weighted by molar-refractivity contribution is -0.423. The van der Waals surface area contributed by atoms with Crippen LogP contribution in [-0.4, -0.2) is 15.0 Å². The van der Waals surface area contributed by atoms with Crippen LogP contribution in [0.2, 0.25) is 0 Å². The molecular formula is C10H12N2O5. The standard InChI is InChI=1S/C10H12N2O5/c1-6(2)3-7-4-8(13)5-9(11(14)15)10(7)12(16)17/h4-6,13H,3H2,1-2H3. The van der Waals surface area contributed by atoms with Crippen molar-refractivity contribution in [3.05, 3.63) is 37.9 Å². The Morgan fingerprint density at radius 1 is 1.24 bits per heavy atom. The van der Waals surface area contributed by atoms with Crippen molar-refractivity contribution in [3.63, 3.8) is 0 Å². The molecule has 92 valence electrons. The molecule has 0 fully saturated rings. The number of phenols is 1. The minimum atomic E-state index is -0.859. The monoisotopic (exact) mass is 240 g/mol. The van der Waals surface area contributed by atoms with E-state index in [0.29, 0.717) is 6.42 Å². The number of hydrogen-bond donors (Lipinski definition) is 1. The zero-order valence-electron chi connectivity index (χ0n) is 9.41. The average molecular weight is 240 g/mol. The second-order valence-electron chi connectivity index (χ2n) is 4.08. The third-order valence-electron chi connectivity index (χ3n) is 2.16. The first-order valence-electron chi connectivity index (χ1n) is 4.97. The maximum absolute atomic E-state index is 10.9.